The molecular formula is C11H13NO. The maximum absolute atomic E-state index is 5.51. The van der Waals surface area contributed by atoms with E-state index in [9.17, 15) is 0 Å². The number of para-hydroxylation sites is 1. The summed E-state index contributed by atoms with van der Waals surface area (Å²) in [7, 11) is 0. The molecule has 1 heterocycles. The minimum atomic E-state index is 0.669. The van der Waals surface area contributed by atoms with Gasteiger partial charge in [0.2, 0.25) is 0 Å². The van der Waals surface area contributed by atoms with E-state index >= 15 is 0 Å². The first kappa shape index (κ1) is 8.32. The molecule has 13 heavy (non-hydrogen) atoms. The van der Waals surface area contributed by atoms with Crippen molar-refractivity contribution in [3.8, 4) is 0 Å². The molecule has 0 saturated carbocycles. The van der Waals surface area contributed by atoms with E-state index in [0.29, 0.717) is 6.54 Å². The van der Waals surface area contributed by atoms with Crippen molar-refractivity contribution in [3.63, 3.8) is 0 Å². The molecule has 0 fully saturated rings. The van der Waals surface area contributed by atoms with Crippen LogP contribution in [0, 0.1) is 6.92 Å². The number of hydrogen-bond donors (Lipinski definition) is 1. The van der Waals surface area contributed by atoms with E-state index in [2.05, 4.69) is 19.1 Å². The standard InChI is InChI=1S/C11H13NO/c1-8-3-2-4-10-9(5-6-12)7-13-11(8)10/h2-4,7H,5-6,12H2,1H3. The molecule has 0 amide bonds. The zero-order valence-corrected chi connectivity index (χ0v) is 7.71. The molecule has 2 heteroatoms. The monoisotopic (exact) mass is 175 g/mol. The Morgan fingerprint density at radius 2 is 2.23 bits per heavy atom. The Morgan fingerprint density at radius 1 is 1.38 bits per heavy atom. The van der Waals surface area contributed by atoms with Gasteiger partial charge in [0, 0.05) is 5.39 Å². The fourth-order valence-corrected chi connectivity index (χ4v) is 1.60. The summed E-state index contributed by atoms with van der Waals surface area (Å²) in [4.78, 5) is 0. The summed E-state index contributed by atoms with van der Waals surface area (Å²) in [6.07, 6.45) is 2.70. The number of fused-ring (bicyclic) bond motifs is 1. The molecule has 0 aliphatic rings. The molecule has 0 aliphatic heterocycles. The summed E-state index contributed by atoms with van der Waals surface area (Å²) in [5.74, 6) is 0. The third-order valence-electron chi connectivity index (χ3n) is 2.29. The van der Waals surface area contributed by atoms with E-state index in [1.54, 1.807) is 0 Å². The largest absolute Gasteiger partial charge is 0.464 e. The van der Waals surface area contributed by atoms with Gasteiger partial charge >= 0.3 is 0 Å². The summed E-state index contributed by atoms with van der Waals surface area (Å²) < 4.78 is 5.48. The third kappa shape index (κ3) is 1.33. The summed E-state index contributed by atoms with van der Waals surface area (Å²) in [6, 6.07) is 6.18. The van der Waals surface area contributed by atoms with Crippen LogP contribution in [-0.2, 0) is 6.42 Å². The molecule has 0 radical (unpaired) electrons. The molecule has 0 spiro atoms. The van der Waals surface area contributed by atoms with Crippen molar-refractivity contribution < 1.29 is 4.42 Å². The predicted octanol–water partition coefficient (Wildman–Crippen LogP) is 2.24. The van der Waals surface area contributed by atoms with Gasteiger partial charge in [0.15, 0.2) is 0 Å². The molecule has 2 N–H and O–H groups in total. The number of rotatable bonds is 2. The van der Waals surface area contributed by atoms with Crippen molar-refractivity contribution >= 4 is 11.0 Å². The zero-order chi connectivity index (χ0) is 9.26. The van der Waals surface area contributed by atoms with Crippen LogP contribution < -0.4 is 5.73 Å². The van der Waals surface area contributed by atoms with E-state index < -0.39 is 0 Å². The Morgan fingerprint density at radius 3 is 3.00 bits per heavy atom. The van der Waals surface area contributed by atoms with Crippen LogP contribution in [0.4, 0.5) is 0 Å². The Balaban J connectivity index is 2.61. The second-order valence-electron chi connectivity index (χ2n) is 3.25. The predicted molar refractivity (Wildman–Crippen MR) is 53.7 cm³/mol. The smallest absolute Gasteiger partial charge is 0.137 e. The number of aryl methyl sites for hydroxylation is 1. The van der Waals surface area contributed by atoms with Crippen LogP contribution in [0.25, 0.3) is 11.0 Å². The quantitative estimate of drug-likeness (QED) is 0.760. The Labute approximate surface area is 77.3 Å². The van der Waals surface area contributed by atoms with Gasteiger partial charge in [-0.05, 0) is 31.0 Å². The topological polar surface area (TPSA) is 39.2 Å². The minimum absolute atomic E-state index is 0.669. The molecule has 2 aromatic rings. The number of nitrogens with two attached hydrogens (primary N) is 1. The molecule has 2 nitrogen and oxygen atoms in total. The van der Waals surface area contributed by atoms with Crippen molar-refractivity contribution in [2.45, 2.75) is 13.3 Å². The van der Waals surface area contributed by atoms with E-state index in [4.69, 9.17) is 10.2 Å². The number of benzene rings is 1. The van der Waals surface area contributed by atoms with Crippen molar-refractivity contribution in [1.29, 1.82) is 0 Å². The highest BCUT2D eigenvalue weighted by molar-refractivity contribution is 5.83. The van der Waals surface area contributed by atoms with Gasteiger partial charge in [-0.25, -0.2) is 0 Å². The number of hydrogen-bond acceptors (Lipinski definition) is 2. The first-order chi connectivity index (χ1) is 6.33. The molecule has 0 saturated heterocycles. The van der Waals surface area contributed by atoms with Gasteiger partial charge in [-0.15, -0.1) is 0 Å². The minimum Gasteiger partial charge on any atom is -0.464 e. The fraction of sp³-hybridized carbons (Fsp3) is 0.273. The molecule has 68 valence electrons. The molecule has 0 bridgehead atoms. The highest BCUT2D eigenvalue weighted by Crippen LogP contribution is 2.23. The molecule has 1 aromatic carbocycles. The van der Waals surface area contributed by atoms with E-state index in [0.717, 1.165) is 12.0 Å². The normalized spacial score (nSPS) is 10.9. The average Bonchev–Trinajstić information content (AvgIpc) is 2.51. The summed E-state index contributed by atoms with van der Waals surface area (Å²) in [5.41, 5.74) is 8.89. The van der Waals surface area contributed by atoms with Crippen LogP contribution in [0.3, 0.4) is 0 Å². The summed E-state index contributed by atoms with van der Waals surface area (Å²) in [6.45, 7) is 2.72. The van der Waals surface area contributed by atoms with Crippen molar-refractivity contribution in [2.75, 3.05) is 6.54 Å². The average molecular weight is 175 g/mol. The lowest BCUT2D eigenvalue weighted by atomic mass is 10.1. The summed E-state index contributed by atoms with van der Waals surface area (Å²) >= 11 is 0. The van der Waals surface area contributed by atoms with Crippen LogP contribution in [0.2, 0.25) is 0 Å². The van der Waals surface area contributed by atoms with Crippen LogP contribution in [-0.4, -0.2) is 6.54 Å². The molecule has 1 aromatic heterocycles. The Kier molecular flexibility index (Phi) is 2.07. The SMILES string of the molecule is Cc1cccc2c(CCN)coc12. The molecule has 0 aliphatic carbocycles. The maximum Gasteiger partial charge on any atom is 0.137 e. The van der Waals surface area contributed by atoms with Gasteiger partial charge in [-0.2, -0.15) is 0 Å². The van der Waals surface area contributed by atoms with E-state index in [1.807, 2.05) is 12.3 Å². The van der Waals surface area contributed by atoms with Gasteiger partial charge in [0.1, 0.15) is 5.58 Å². The molecular weight excluding hydrogens is 162 g/mol. The lowest BCUT2D eigenvalue weighted by molar-refractivity contribution is 0.608. The first-order valence-electron chi connectivity index (χ1n) is 4.48. The molecule has 0 unspecified atom stereocenters. The van der Waals surface area contributed by atoms with Gasteiger partial charge in [0.05, 0.1) is 6.26 Å². The number of furan rings is 1. The van der Waals surface area contributed by atoms with Crippen molar-refractivity contribution in [1.82, 2.24) is 0 Å². The lowest BCUT2D eigenvalue weighted by Crippen LogP contribution is -2.01. The van der Waals surface area contributed by atoms with Crippen molar-refractivity contribution in [3.05, 3.63) is 35.6 Å². The fourth-order valence-electron chi connectivity index (χ4n) is 1.60. The Bertz CT molecular complexity index is 417. The third-order valence-corrected chi connectivity index (χ3v) is 2.29. The first-order valence-corrected chi connectivity index (χ1v) is 4.48. The lowest BCUT2D eigenvalue weighted by Gasteiger charge is -1.95. The van der Waals surface area contributed by atoms with Crippen LogP contribution in [0.15, 0.2) is 28.9 Å². The highest BCUT2D eigenvalue weighted by atomic mass is 16.3. The van der Waals surface area contributed by atoms with Crippen molar-refractivity contribution in [2.24, 2.45) is 5.73 Å². The Hall–Kier alpha value is -1.28. The maximum atomic E-state index is 5.51. The van der Waals surface area contributed by atoms with Gasteiger partial charge in [-0.3, -0.25) is 0 Å². The van der Waals surface area contributed by atoms with Crippen LogP contribution >= 0.6 is 0 Å². The zero-order valence-electron chi connectivity index (χ0n) is 7.71. The van der Waals surface area contributed by atoms with Gasteiger partial charge in [-0.1, -0.05) is 18.2 Å². The second-order valence-corrected chi connectivity index (χ2v) is 3.25. The van der Waals surface area contributed by atoms with Gasteiger partial charge < -0.3 is 10.2 Å². The van der Waals surface area contributed by atoms with Gasteiger partial charge in [0.25, 0.3) is 0 Å². The van der Waals surface area contributed by atoms with E-state index in [-0.39, 0.29) is 0 Å². The van der Waals surface area contributed by atoms with Crippen LogP contribution in [0.5, 0.6) is 0 Å². The highest BCUT2D eigenvalue weighted by Gasteiger charge is 2.05. The molecule has 2 rings (SSSR count). The van der Waals surface area contributed by atoms with Crippen LogP contribution in [0.1, 0.15) is 11.1 Å². The summed E-state index contributed by atoms with van der Waals surface area (Å²) in [5, 5.41) is 1.20. The second kappa shape index (κ2) is 3.23. The van der Waals surface area contributed by atoms with E-state index in [1.165, 1.54) is 16.5 Å². The molecule has 0 atom stereocenters.